The van der Waals surface area contributed by atoms with Gasteiger partial charge in [-0.3, -0.25) is 0 Å². The third kappa shape index (κ3) is 3.58. The Bertz CT molecular complexity index is 333. The number of benzene rings is 1. The molecule has 1 unspecified atom stereocenters. The molecule has 2 rings (SSSR count). The van der Waals surface area contributed by atoms with E-state index in [2.05, 4.69) is 43.6 Å². The molecule has 0 heterocycles. The molecule has 0 bridgehead atoms. The minimum Gasteiger partial charge on any atom is -0.319 e. The summed E-state index contributed by atoms with van der Waals surface area (Å²) in [6.07, 6.45) is 8.57. The summed E-state index contributed by atoms with van der Waals surface area (Å²) in [6, 6.07) is 9.19. The second-order valence-electron chi connectivity index (χ2n) is 5.83. The van der Waals surface area contributed by atoms with Crippen LogP contribution in [0.3, 0.4) is 0 Å². The van der Waals surface area contributed by atoms with Crippen molar-refractivity contribution in [2.24, 2.45) is 5.92 Å². The topological polar surface area (TPSA) is 12.0 Å². The fourth-order valence-electron chi connectivity index (χ4n) is 3.30. The van der Waals surface area contributed by atoms with Gasteiger partial charge in [0.15, 0.2) is 0 Å². The van der Waals surface area contributed by atoms with Crippen molar-refractivity contribution in [3.63, 3.8) is 0 Å². The number of nitrogens with one attached hydrogen (secondary N) is 1. The van der Waals surface area contributed by atoms with Crippen LogP contribution in [-0.2, 0) is 0 Å². The fourth-order valence-corrected chi connectivity index (χ4v) is 3.30. The van der Waals surface area contributed by atoms with Crippen molar-refractivity contribution in [3.8, 4) is 0 Å². The van der Waals surface area contributed by atoms with E-state index in [9.17, 15) is 0 Å². The van der Waals surface area contributed by atoms with Crippen molar-refractivity contribution in [1.29, 1.82) is 0 Å². The lowest BCUT2D eigenvalue weighted by Gasteiger charge is -2.26. The van der Waals surface area contributed by atoms with Gasteiger partial charge < -0.3 is 5.32 Å². The first-order chi connectivity index (χ1) is 8.81. The van der Waals surface area contributed by atoms with E-state index < -0.39 is 0 Å². The predicted octanol–water partition coefficient (Wildman–Crippen LogP) is 4.27. The van der Waals surface area contributed by atoms with Gasteiger partial charge in [-0.1, -0.05) is 55.5 Å². The minimum atomic E-state index is 0.702. The maximum absolute atomic E-state index is 3.40. The molecule has 1 N–H and O–H groups in total. The van der Waals surface area contributed by atoms with Crippen LogP contribution in [0.25, 0.3) is 0 Å². The van der Waals surface area contributed by atoms with E-state index >= 15 is 0 Å². The third-order valence-corrected chi connectivity index (χ3v) is 4.40. The molecule has 0 aliphatic heterocycles. The molecule has 1 saturated carbocycles. The van der Waals surface area contributed by atoms with Crippen molar-refractivity contribution in [2.75, 3.05) is 13.6 Å². The van der Waals surface area contributed by atoms with Crippen LogP contribution in [0, 0.1) is 12.8 Å². The summed E-state index contributed by atoms with van der Waals surface area (Å²) in [6.45, 7) is 3.29. The first-order valence-electron chi connectivity index (χ1n) is 7.52. The van der Waals surface area contributed by atoms with E-state index in [1.54, 1.807) is 0 Å². The maximum atomic E-state index is 3.40. The van der Waals surface area contributed by atoms with Gasteiger partial charge >= 0.3 is 0 Å². The molecule has 1 aromatic rings. The summed E-state index contributed by atoms with van der Waals surface area (Å²) in [5.74, 6) is 1.58. The Kier molecular flexibility index (Phi) is 5.25. The van der Waals surface area contributed by atoms with E-state index in [4.69, 9.17) is 0 Å². The smallest absolute Gasteiger partial charge is 0.00198 e. The summed E-state index contributed by atoms with van der Waals surface area (Å²) >= 11 is 0. The average Bonchev–Trinajstić information content (AvgIpc) is 2.66. The molecular formula is C17H27N. The number of rotatable bonds is 4. The molecule has 1 heteroatoms. The van der Waals surface area contributed by atoms with Gasteiger partial charge in [0.05, 0.1) is 0 Å². The van der Waals surface area contributed by atoms with E-state index in [-0.39, 0.29) is 0 Å². The SMILES string of the molecule is CNCC(c1ccc(C)cc1)C1CCCCCC1. The Labute approximate surface area is 112 Å². The van der Waals surface area contributed by atoms with Crippen LogP contribution in [0.15, 0.2) is 24.3 Å². The second kappa shape index (κ2) is 6.94. The number of hydrogen-bond donors (Lipinski definition) is 1. The Balaban J connectivity index is 2.12. The molecule has 1 atom stereocenters. The summed E-state index contributed by atoms with van der Waals surface area (Å²) in [5, 5.41) is 3.40. The van der Waals surface area contributed by atoms with Gasteiger partial charge in [-0.15, -0.1) is 0 Å². The average molecular weight is 245 g/mol. The van der Waals surface area contributed by atoms with Crippen molar-refractivity contribution in [3.05, 3.63) is 35.4 Å². The van der Waals surface area contributed by atoms with Gasteiger partial charge in [0.1, 0.15) is 0 Å². The quantitative estimate of drug-likeness (QED) is 0.781. The highest BCUT2D eigenvalue weighted by atomic mass is 14.8. The van der Waals surface area contributed by atoms with E-state index in [0.717, 1.165) is 12.5 Å². The van der Waals surface area contributed by atoms with Gasteiger partial charge in [0.25, 0.3) is 0 Å². The first-order valence-corrected chi connectivity index (χ1v) is 7.52. The molecule has 100 valence electrons. The molecule has 0 saturated heterocycles. The third-order valence-electron chi connectivity index (χ3n) is 4.40. The molecule has 1 fully saturated rings. The van der Waals surface area contributed by atoms with Crippen molar-refractivity contribution in [2.45, 2.75) is 51.4 Å². The summed E-state index contributed by atoms with van der Waals surface area (Å²) in [7, 11) is 2.08. The largest absolute Gasteiger partial charge is 0.319 e. The zero-order valence-corrected chi connectivity index (χ0v) is 11.9. The van der Waals surface area contributed by atoms with Gasteiger partial charge in [-0.25, -0.2) is 0 Å². The predicted molar refractivity (Wildman–Crippen MR) is 79.0 cm³/mol. The normalized spacial score (nSPS) is 19.4. The number of likely N-dealkylation sites (N-methyl/N-ethyl adjacent to an activating group) is 1. The standard InChI is InChI=1S/C17H27N/c1-14-9-11-16(12-10-14)17(13-18-2)15-7-5-3-4-6-8-15/h9-12,15,17-18H,3-8,13H2,1-2H3. The van der Waals surface area contributed by atoms with Crippen LogP contribution in [0.1, 0.15) is 55.6 Å². The zero-order valence-electron chi connectivity index (χ0n) is 11.9. The van der Waals surface area contributed by atoms with Crippen molar-refractivity contribution >= 4 is 0 Å². The lowest BCUT2D eigenvalue weighted by atomic mass is 9.81. The highest BCUT2D eigenvalue weighted by molar-refractivity contribution is 5.25. The fraction of sp³-hybridized carbons (Fsp3) is 0.647. The van der Waals surface area contributed by atoms with Crippen LogP contribution >= 0.6 is 0 Å². The lowest BCUT2D eigenvalue weighted by Crippen LogP contribution is -2.24. The molecule has 0 aromatic heterocycles. The molecule has 1 aromatic carbocycles. The Hall–Kier alpha value is -0.820. The number of aryl methyl sites for hydroxylation is 1. The van der Waals surface area contributed by atoms with Crippen LogP contribution < -0.4 is 5.32 Å². The molecular weight excluding hydrogens is 218 g/mol. The van der Waals surface area contributed by atoms with Crippen LogP contribution in [-0.4, -0.2) is 13.6 Å². The van der Waals surface area contributed by atoms with Crippen LogP contribution in [0.5, 0.6) is 0 Å². The summed E-state index contributed by atoms with van der Waals surface area (Å²) in [4.78, 5) is 0. The molecule has 0 radical (unpaired) electrons. The summed E-state index contributed by atoms with van der Waals surface area (Å²) < 4.78 is 0. The first kappa shape index (κ1) is 13.6. The molecule has 0 amide bonds. The second-order valence-corrected chi connectivity index (χ2v) is 5.83. The Morgan fingerprint density at radius 3 is 2.22 bits per heavy atom. The van der Waals surface area contributed by atoms with Gasteiger partial charge in [0.2, 0.25) is 0 Å². The van der Waals surface area contributed by atoms with Crippen molar-refractivity contribution < 1.29 is 0 Å². The van der Waals surface area contributed by atoms with Crippen LogP contribution in [0.2, 0.25) is 0 Å². The minimum absolute atomic E-state index is 0.702. The Morgan fingerprint density at radius 1 is 1.06 bits per heavy atom. The van der Waals surface area contributed by atoms with Crippen LogP contribution in [0.4, 0.5) is 0 Å². The highest BCUT2D eigenvalue weighted by Crippen LogP contribution is 2.34. The summed E-state index contributed by atoms with van der Waals surface area (Å²) in [5.41, 5.74) is 2.89. The van der Waals surface area contributed by atoms with Gasteiger partial charge in [-0.2, -0.15) is 0 Å². The molecule has 1 nitrogen and oxygen atoms in total. The van der Waals surface area contributed by atoms with E-state index in [1.165, 1.54) is 49.7 Å². The lowest BCUT2D eigenvalue weighted by molar-refractivity contribution is 0.367. The van der Waals surface area contributed by atoms with Gasteiger partial charge in [0, 0.05) is 6.54 Å². The zero-order chi connectivity index (χ0) is 12.8. The molecule has 1 aliphatic rings. The maximum Gasteiger partial charge on any atom is 0.00198 e. The monoisotopic (exact) mass is 245 g/mol. The molecule has 18 heavy (non-hydrogen) atoms. The van der Waals surface area contributed by atoms with E-state index in [1.807, 2.05) is 0 Å². The van der Waals surface area contributed by atoms with E-state index in [0.29, 0.717) is 5.92 Å². The highest BCUT2D eigenvalue weighted by Gasteiger charge is 2.23. The van der Waals surface area contributed by atoms with Gasteiger partial charge in [-0.05, 0) is 44.2 Å². The number of hydrogen-bond acceptors (Lipinski definition) is 1. The molecule has 0 spiro atoms. The molecule has 1 aliphatic carbocycles. The van der Waals surface area contributed by atoms with Crippen molar-refractivity contribution in [1.82, 2.24) is 5.32 Å². The Morgan fingerprint density at radius 2 is 1.67 bits per heavy atom.